The Morgan fingerprint density at radius 3 is 2.28 bits per heavy atom. The predicted octanol–water partition coefficient (Wildman–Crippen LogP) is 3.31. The number of rotatable bonds is 3. The minimum Gasteiger partial charge on any atom is -0.493 e. The highest BCUT2D eigenvalue weighted by molar-refractivity contribution is 6.32. The van der Waals surface area contributed by atoms with Crippen LogP contribution in [0.3, 0.4) is 0 Å². The Bertz CT molecular complexity index is 449. The monoisotopic (exact) mass is 272 g/mol. The van der Waals surface area contributed by atoms with Crippen molar-refractivity contribution in [3.05, 3.63) is 22.7 Å². The van der Waals surface area contributed by atoms with Crippen LogP contribution in [0.2, 0.25) is 5.02 Å². The maximum Gasteiger partial charge on any atom is 0.338 e. The van der Waals surface area contributed by atoms with Crippen molar-refractivity contribution in [2.24, 2.45) is 0 Å². The average molecular weight is 273 g/mol. The molecule has 0 spiro atoms. The zero-order valence-corrected chi connectivity index (χ0v) is 11.9. The van der Waals surface area contributed by atoms with Crippen molar-refractivity contribution >= 4 is 17.6 Å². The zero-order chi connectivity index (χ0) is 13.9. The van der Waals surface area contributed by atoms with Crippen LogP contribution in [0.1, 0.15) is 31.1 Å². The van der Waals surface area contributed by atoms with Crippen LogP contribution < -0.4 is 9.47 Å². The summed E-state index contributed by atoms with van der Waals surface area (Å²) in [6.45, 7) is 5.70. The summed E-state index contributed by atoms with van der Waals surface area (Å²) in [5, 5.41) is 0.310. The first-order valence-electron chi connectivity index (χ1n) is 5.43. The molecule has 0 unspecified atom stereocenters. The first-order chi connectivity index (χ1) is 8.28. The van der Waals surface area contributed by atoms with Gasteiger partial charge in [-0.3, -0.25) is 0 Å². The molecular weight excluding hydrogens is 256 g/mol. The molecule has 0 amide bonds. The Balaban J connectivity index is 3.24. The van der Waals surface area contributed by atoms with E-state index in [0.29, 0.717) is 22.1 Å². The molecule has 5 heteroatoms. The number of carbonyl (C=O) groups excluding carboxylic acids is 1. The van der Waals surface area contributed by atoms with Crippen LogP contribution in [-0.2, 0) is 4.74 Å². The lowest BCUT2D eigenvalue weighted by molar-refractivity contribution is 0.0600. The number of methoxy groups -OCH3 is 2. The maximum atomic E-state index is 11.5. The van der Waals surface area contributed by atoms with Crippen LogP contribution in [-0.4, -0.2) is 25.8 Å². The first kappa shape index (κ1) is 14.6. The van der Waals surface area contributed by atoms with Gasteiger partial charge in [-0.15, -0.1) is 0 Å². The van der Waals surface area contributed by atoms with Crippen LogP contribution in [0, 0.1) is 0 Å². The lowest BCUT2D eigenvalue weighted by atomic mass is 10.1. The molecule has 0 aliphatic carbocycles. The highest BCUT2D eigenvalue weighted by Crippen LogP contribution is 2.38. The van der Waals surface area contributed by atoms with Crippen molar-refractivity contribution in [2.75, 3.05) is 14.2 Å². The summed E-state index contributed by atoms with van der Waals surface area (Å²) in [6.07, 6.45) is 0. The minimum absolute atomic E-state index is 0.310. The smallest absolute Gasteiger partial charge is 0.338 e. The van der Waals surface area contributed by atoms with Crippen molar-refractivity contribution < 1.29 is 19.0 Å². The Morgan fingerprint density at radius 1 is 1.22 bits per heavy atom. The second-order valence-corrected chi connectivity index (χ2v) is 5.10. The van der Waals surface area contributed by atoms with E-state index < -0.39 is 11.6 Å². The molecule has 0 aromatic heterocycles. The number of benzene rings is 1. The molecule has 1 aromatic carbocycles. The molecule has 0 aliphatic rings. The van der Waals surface area contributed by atoms with Crippen LogP contribution in [0.25, 0.3) is 0 Å². The standard InChI is InChI=1S/C13H17ClO4/c1-13(2,3)18-11-9(14)6-8(12(15)17-5)7-10(11)16-4/h6-7H,1-5H3. The zero-order valence-electron chi connectivity index (χ0n) is 11.2. The number of esters is 1. The van der Waals surface area contributed by atoms with Gasteiger partial charge in [0.1, 0.15) is 5.60 Å². The first-order valence-corrected chi connectivity index (χ1v) is 5.81. The van der Waals surface area contributed by atoms with E-state index in [9.17, 15) is 4.79 Å². The van der Waals surface area contributed by atoms with E-state index in [1.807, 2.05) is 20.8 Å². The summed E-state index contributed by atoms with van der Waals surface area (Å²) < 4.78 is 15.5. The van der Waals surface area contributed by atoms with Gasteiger partial charge in [0.2, 0.25) is 0 Å². The number of ether oxygens (including phenoxy) is 3. The third kappa shape index (κ3) is 3.53. The summed E-state index contributed by atoms with van der Waals surface area (Å²) in [5.41, 5.74) is -0.0930. The molecule has 0 N–H and O–H groups in total. The van der Waals surface area contributed by atoms with Gasteiger partial charge in [-0.2, -0.15) is 0 Å². The second-order valence-electron chi connectivity index (χ2n) is 4.70. The molecule has 0 saturated carbocycles. The van der Waals surface area contributed by atoms with E-state index in [1.165, 1.54) is 20.3 Å². The Morgan fingerprint density at radius 2 is 1.83 bits per heavy atom. The Kier molecular flexibility index (Phi) is 4.46. The van der Waals surface area contributed by atoms with Crippen LogP contribution in [0.15, 0.2) is 12.1 Å². The van der Waals surface area contributed by atoms with Gasteiger partial charge in [-0.05, 0) is 32.9 Å². The van der Waals surface area contributed by atoms with Crippen molar-refractivity contribution in [3.63, 3.8) is 0 Å². The molecule has 0 saturated heterocycles. The summed E-state index contributed by atoms with van der Waals surface area (Å²) in [6, 6.07) is 3.04. The number of carbonyl (C=O) groups is 1. The summed E-state index contributed by atoms with van der Waals surface area (Å²) in [4.78, 5) is 11.5. The average Bonchev–Trinajstić information content (AvgIpc) is 2.28. The highest BCUT2D eigenvalue weighted by atomic mass is 35.5. The summed E-state index contributed by atoms with van der Waals surface area (Å²) in [5.74, 6) is 0.342. The lowest BCUT2D eigenvalue weighted by Crippen LogP contribution is -2.23. The molecule has 0 radical (unpaired) electrons. The van der Waals surface area contributed by atoms with Gasteiger partial charge in [0.25, 0.3) is 0 Å². The quantitative estimate of drug-likeness (QED) is 0.792. The fourth-order valence-corrected chi connectivity index (χ4v) is 1.61. The molecule has 0 heterocycles. The van der Waals surface area contributed by atoms with E-state index in [2.05, 4.69) is 4.74 Å². The van der Waals surface area contributed by atoms with E-state index in [1.54, 1.807) is 6.07 Å². The third-order valence-electron chi connectivity index (χ3n) is 2.06. The number of halogens is 1. The fraction of sp³-hybridized carbons (Fsp3) is 0.462. The fourth-order valence-electron chi connectivity index (χ4n) is 1.36. The predicted molar refractivity (Wildman–Crippen MR) is 69.7 cm³/mol. The van der Waals surface area contributed by atoms with E-state index >= 15 is 0 Å². The van der Waals surface area contributed by atoms with Gasteiger partial charge in [0.15, 0.2) is 11.5 Å². The van der Waals surface area contributed by atoms with Gasteiger partial charge in [0, 0.05) is 0 Å². The van der Waals surface area contributed by atoms with Crippen molar-refractivity contribution in [1.29, 1.82) is 0 Å². The van der Waals surface area contributed by atoms with Gasteiger partial charge in [-0.25, -0.2) is 4.79 Å². The van der Waals surface area contributed by atoms with E-state index in [0.717, 1.165) is 0 Å². The molecule has 0 bridgehead atoms. The SMILES string of the molecule is COC(=O)c1cc(Cl)c(OC(C)(C)C)c(OC)c1. The van der Waals surface area contributed by atoms with Crippen LogP contribution in [0.4, 0.5) is 0 Å². The lowest BCUT2D eigenvalue weighted by Gasteiger charge is -2.23. The van der Waals surface area contributed by atoms with Crippen LogP contribution in [0.5, 0.6) is 11.5 Å². The molecule has 1 aromatic rings. The minimum atomic E-state index is -0.475. The topological polar surface area (TPSA) is 44.8 Å². The largest absolute Gasteiger partial charge is 0.493 e. The van der Waals surface area contributed by atoms with Crippen LogP contribution >= 0.6 is 11.6 Å². The normalized spacial score (nSPS) is 11.0. The molecule has 0 atom stereocenters. The maximum absolute atomic E-state index is 11.5. The van der Waals surface area contributed by atoms with Gasteiger partial charge >= 0.3 is 5.97 Å². The van der Waals surface area contributed by atoms with Crippen molar-refractivity contribution in [3.8, 4) is 11.5 Å². The van der Waals surface area contributed by atoms with Crippen molar-refractivity contribution in [2.45, 2.75) is 26.4 Å². The number of hydrogen-bond donors (Lipinski definition) is 0. The number of hydrogen-bond acceptors (Lipinski definition) is 4. The van der Waals surface area contributed by atoms with Crippen molar-refractivity contribution in [1.82, 2.24) is 0 Å². The molecule has 100 valence electrons. The highest BCUT2D eigenvalue weighted by Gasteiger charge is 2.21. The third-order valence-corrected chi connectivity index (χ3v) is 2.34. The van der Waals surface area contributed by atoms with E-state index in [-0.39, 0.29) is 0 Å². The second kappa shape index (κ2) is 5.48. The van der Waals surface area contributed by atoms with Gasteiger partial charge in [0.05, 0.1) is 24.8 Å². The Labute approximate surface area is 112 Å². The molecule has 1 rings (SSSR count). The Hall–Kier alpha value is -1.42. The summed E-state index contributed by atoms with van der Waals surface area (Å²) >= 11 is 6.11. The molecule has 0 fully saturated rings. The molecule has 0 aliphatic heterocycles. The molecular formula is C13H17ClO4. The summed E-state index contributed by atoms with van der Waals surface area (Å²) in [7, 11) is 2.80. The van der Waals surface area contributed by atoms with E-state index in [4.69, 9.17) is 21.1 Å². The van der Waals surface area contributed by atoms with Gasteiger partial charge < -0.3 is 14.2 Å². The van der Waals surface area contributed by atoms with Gasteiger partial charge in [-0.1, -0.05) is 11.6 Å². The molecule has 18 heavy (non-hydrogen) atoms. The molecule has 4 nitrogen and oxygen atoms in total.